The van der Waals surface area contributed by atoms with Gasteiger partial charge in [0, 0.05) is 18.3 Å². The molecule has 3 aromatic heterocycles. The van der Waals surface area contributed by atoms with Crippen molar-refractivity contribution in [2.75, 3.05) is 38.3 Å². The number of benzene rings is 1. The first-order valence-electron chi connectivity index (χ1n) is 11.4. The van der Waals surface area contributed by atoms with Crippen molar-refractivity contribution in [2.24, 2.45) is 0 Å². The topological polar surface area (TPSA) is 128 Å². The minimum Gasteiger partial charge on any atom is -0.491 e. The zero-order valence-electron chi connectivity index (χ0n) is 19.7. The van der Waals surface area contributed by atoms with Crippen LogP contribution in [0.5, 0.6) is 5.75 Å². The number of aliphatic hydroxyl groups excluding tert-OH is 1. The lowest BCUT2D eigenvalue weighted by molar-refractivity contribution is 0.0705. The van der Waals surface area contributed by atoms with Crippen LogP contribution in [-0.2, 0) is 11.3 Å². The van der Waals surface area contributed by atoms with E-state index in [0.29, 0.717) is 55.6 Å². The molecular weight excluding hydrogens is 482 g/mol. The van der Waals surface area contributed by atoms with Crippen LogP contribution >= 0.6 is 12.8 Å². The second-order valence-electron chi connectivity index (χ2n) is 7.70. The lowest BCUT2D eigenvalue weighted by atomic mass is 10.2. The molecule has 0 fully saturated rings. The Morgan fingerprint density at radius 2 is 1.94 bits per heavy atom. The number of hydrogen-bond donors (Lipinski definition) is 3. The Morgan fingerprint density at radius 1 is 1.11 bits per heavy atom. The molecule has 36 heavy (non-hydrogen) atoms. The lowest BCUT2D eigenvalue weighted by Crippen LogP contribution is -2.27. The summed E-state index contributed by atoms with van der Waals surface area (Å²) in [5, 5.41) is 15.8. The number of nitrogens with one attached hydrogen (secondary N) is 1. The summed E-state index contributed by atoms with van der Waals surface area (Å²) in [6.45, 7) is 4.01. The molecule has 0 saturated heterocycles. The third-order valence-electron chi connectivity index (χ3n) is 5.10. The minimum absolute atomic E-state index is 0.00352. The zero-order chi connectivity index (χ0) is 25.3. The molecule has 0 bridgehead atoms. The van der Waals surface area contributed by atoms with Crippen LogP contribution in [-0.4, -0.2) is 73.1 Å². The molecule has 0 saturated carbocycles. The molecule has 4 aromatic rings. The third kappa shape index (κ3) is 6.68. The summed E-state index contributed by atoms with van der Waals surface area (Å²) in [6.07, 6.45) is 5.29. The lowest BCUT2D eigenvalue weighted by Gasteiger charge is -2.13. The Balaban J connectivity index is 1.40. The fraction of sp³-hybridized carbons (Fsp3) is 0.292. The number of aromatic nitrogens is 5. The standard InChI is InChI=1S/C24H27N7O4S/c1-2-31(36)24(33)29-22-8-7-20-23(28-22)27-21(14-25-20)18-13-26-30(16-18)15-17-3-5-19(6-4-17)35-12-11-34-10-9-32/h3-8,13-14,16,32,36H,2,9-12,15H2,1H3,(H,27,28,29,33). The summed E-state index contributed by atoms with van der Waals surface area (Å²) in [7, 11) is 0. The number of ether oxygens (including phenoxy) is 2. The summed E-state index contributed by atoms with van der Waals surface area (Å²) in [6, 6.07) is 10.8. The largest absolute Gasteiger partial charge is 0.491 e. The highest BCUT2D eigenvalue weighted by molar-refractivity contribution is 7.78. The number of pyridine rings is 1. The van der Waals surface area contributed by atoms with Gasteiger partial charge in [-0.3, -0.25) is 19.3 Å². The first-order chi connectivity index (χ1) is 17.6. The van der Waals surface area contributed by atoms with E-state index >= 15 is 0 Å². The van der Waals surface area contributed by atoms with Crippen molar-refractivity contribution in [3.05, 3.63) is 60.6 Å². The van der Waals surface area contributed by atoms with E-state index in [2.05, 4.69) is 38.2 Å². The van der Waals surface area contributed by atoms with Gasteiger partial charge in [-0.25, -0.2) is 14.8 Å². The molecular formula is C24H27N7O4S. The second kappa shape index (κ2) is 12.3. The average Bonchev–Trinajstić information content (AvgIpc) is 3.37. The van der Waals surface area contributed by atoms with Gasteiger partial charge < -0.3 is 14.6 Å². The predicted octanol–water partition coefficient (Wildman–Crippen LogP) is 3.02. The van der Waals surface area contributed by atoms with Gasteiger partial charge >= 0.3 is 6.03 Å². The maximum Gasteiger partial charge on any atom is 0.332 e. The summed E-state index contributed by atoms with van der Waals surface area (Å²) < 4.78 is 13.9. The van der Waals surface area contributed by atoms with E-state index in [1.165, 1.54) is 4.31 Å². The molecule has 0 atom stereocenters. The van der Waals surface area contributed by atoms with Crippen LogP contribution in [0.15, 0.2) is 55.0 Å². The number of urea groups is 1. The molecule has 4 rings (SSSR count). The van der Waals surface area contributed by atoms with Crippen LogP contribution in [0.25, 0.3) is 22.4 Å². The number of fused-ring (bicyclic) bond motifs is 1. The number of aliphatic hydroxyl groups is 1. The number of anilines is 1. The van der Waals surface area contributed by atoms with Crippen LogP contribution < -0.4 is 10.1 Å². The van der Waals surface area contributed by atoms with E-state index < -0.39 is 0 Å². The van der Waals surface area contributed by atoms with Crippen molar-refractivity contribution in [3.63, 3.8) is 0 Å². The van der Waals surface area contributed by atoms with Gasteiger partial charge in [-0.2, -0.15) is 5.10 Å². The molecule has 0 aliphatic heterocycles. The number of carbonyl (C=O) groups is 1. The summed E-state index contributed by atoms with van der Waals surface area (Å²) >= 11 is 4.10. The molecule has 3 heterocycles. The number of rotatable bonds is 11. The van der Waals surface area contributed by atoms with Crippen LogP contribution in [0.3, 0.4) is 0 Å². The normalized spacial score (nSPS) is 11.0. The Labute approximate surface area is 213 Å². The van der Waals surface area contributed by atoms with Crippen molar-refractivity contribution in [2.45, 2.75) is 13.5 Å². The monoisotopic (exact) mass is 509 g/mol. The average molecular weight is 510 g/mol. The van der Waals surface area contributed by atoms with Crippen molar-refractivity contribution in [1.29, 1.82) is 0 Å². The molecule has 12 heteroatoms. The number of hydrogen-bond acceptors (Lipinski definition) is 9. The fourth-order valence-electron chi connectivity index (χ4n) is 3.27. The van der Waals surface area contributed by atoms with E-state index in [-0.39, 0.29) is 12.6 Å². The Bertz CT molecular complexity index is 1300. The minimum atomic E-state index is -0.371. The van der Waals surface area contributed by atoms with E-state index in [0.717, 1.165) is 16.9 Å². The maximum atomic E-state index is 12.1. The van der Waals surface area contributed by atoms with E-state index in [1.807, 2.05) is 42.1 Å². The molecule has 0 aliphatic carbocycles. The van der Waals surface area contributed by atoms with Gasteiger partial charge in [0.05, 0.1) is 44.5 Å². The molecule has 0 unspecified atom stereocenters. The molecule has 0 radical (unpaired) electrons. The van der Waals surface area contributed by atoms with E-state index in [9.17, 15) is 4.79 Å². The Morgan fingerprint density at radius 3 is 2.72 bits per heavy atom. The SMILES string of the molecule is CCN(S)C(=O)Nc1ccc2ncc(-c3cnn(Cc4ccc(OCCOCCO)cc4)c3)nc2n1. The number of thiol groups is 1. The van der Waals surface area contributed by atoms with Crippen LogP contribution in [0, 0.1) is 0 Å². The quantitative estimate of drug-likeness (QED) is 0.208. The number of nitrogens with zero attached hydrogens (tertiary/aromatic N) is 6. The van der Waals surface area contributed by atoms with Gasteiger partial charge in [-0.05, 0) is 36.8 Å². The van der Waals surface area contributed by atoms with Crippen molar-refractivity contribution < 1.29 is 19.4 Å². The highest BCUT2D eigenvalue weighted by atomic mass is 32.1. The fourth-order valence-corrected chi connectivity index (χ4v) is 3.32. The van der Waals surface area contributed by atoms with Gasteiger partial charge in [0.1, 0.15) is 23.7 Å². The molecule has 188 valence electrons. The van der Waals surface area contributed by atoms with Gasteiger partial charge in [0.25, 0.3) is 0 Å². The highest BCUT2D eigenvalue weighted by Gasteiger charge is 2.11. The van der Waals surface area contributed by atoms with E-state index in [1.54, 1.807) is 24.5 Å². The molecule has 2 amide bonds. The molecule has 11 nitrogen and oxygen atoms in total. The van der Waals surface area contributed by atoms with Crippen LogP contribution in [0.2, 0.25) is 0 Å². The first-order valence-corrected chi connectivity index (χ1v) is 11.8. The third-order valence-corrected chi connectivity index (χ3v) is 5.57. The molecule has 0 spiro atoms. The molecule has 1 aromatic carbocycles. The zero-order valence-corrected chi connectivity index (χ0v) is 20.6. The van der Waals surface area contributed by atoms with Crippen molar-refractivity contribution in [3.8, 4) is 17.0 Å². The Kier molecular flexibility index (Phi) is 8.66. The van der Waals surface area contributed by atoms with Crippen molar-refractivity contribution in [1.82, 2.24) is 29.0 Å². The van der Waals surface area contributed by atoms with Crippen LogP contribution in [0.1, 0.15) is 12.5 Å². The second-order valence-corrected chi connectivity index (χ2v) is 8.18. The molecule has 0 aliphatic rings. The number of carbonyl (C=O) groups excluding carboxylic acids is 1. The first kappa shape index (κ1) is 25.4. The summed E-state index contributed by atoms with van der Waals surface area (Å²) in [4.78, 5) is 25.5. The summed E-state index contributed by atoms with van der Waals surface area (Å²) in [5.74, 6) is 1.12. The highest BCUT2D eigenvalue weighted by Crippen LogP contribution is 2.20. The van der Waals surface area contributed by atoms with Crippen molar-refractivity contribution >= 4 is 35.8 Å². The predicted molar refractivity (Wildman–Crippen MR) is 138 cm³/mol. The summed E-state index contributed by atoms with van der Waals surface area (Å²) in [5.41, 5.74) is 3.52. The smallest absolute Gasteiger partial charge is 0.332 e. The maximum absolute atomic E-state index is 12.1. The molecule has 2 N–H and O–H groups in total. The number of amides is 2. The van der Waals surface area contributed by atoms with Gasteiger partial charge in [-0.15, -0.1) is 0 Å². The van der Waals surface area contributed by atoms with Gasteiger partial charge in [0.2, 0.25) is 0 Å². The Hall–Kier alpha value is -3.74. The van der Waals surface area contributed by atoms with Gasteiger partial charge in [-0.1, -0.05) is 24.9 Å². The van der Waals surface area contributed by atoms with Gasteiger partial charge in [0.15, 0.2) is 5.65 Å². The van der Waals surface area contributed by atoms with Crippen LogP contribution in [0.4, 0.5) is 10.6 Å². The van der Waals surface area contributed by atoms with E-state index in [4.69, 9.17) is 14.6 Å².